The van der Waals surface area contributed by atoms with Crippen LogP contribution in [0.3, 0.4) is 0 Å². The Kier molecular flexibility index (Phi) is 5.93. The van der Waals surface area contributed by atoms with Crippen molar-refractivity contribution in [1.82, 2.24) is 5.32 Å². The number of hydrogen-bond acceptors (Lipinski definition) is 4. The molecule has 0 aliphatic carbocycles. The van der Waals surface area contributed by atoms with Crippen molar-refractivity contribution >= 4 is 17.5 Å². The monoisotopic (exact) mass is 349 g/mol. The van der Waals surface area contributed by atoms with E-state index in [1.807, 2.05) is 13.0 Å². The van der Waals surface area contributed by atoms with Crippen LogP contribution in [0, 0.1) is 6.92 Å². The number of amides is 1. The van der Waals surface area contributed by atoms with Crippen LogP contribution in [-0.2, 0) is 6.54 Å². The highest BCUT2D eigenvalue weighted by Gasteiger charge is 2.15. The van der Waals surface area contributed by atoms with Crippen molar-refractivity contribution in [2.24, 2.45) is 0 Å². The number of carbonyl (C=O) groups excluding carboxylic acids is 1. The zero-order valence-corrected chi connectivity index (χ0v) is 14.9. The zero-order chi connectivity index (χ0) is 17.7. The van der Waals surface area contributed by atoms with Gasteiger partial charge in [0.15, 0.2) is 11.5 Å². The first kappa shape index (κ1) is 17.9. The first-order valence-corrected chi connectivity index (χ1v) is 7.71. The average Bonchev–Trinajstić information content (AvgIpc) is 2.58. The standard InChI is InChI=1S/C18H20ClNO4/c1-11-5-6-13(14(19)7-11)18(21)20-10-12-8-15(22-2)17(24-4)16(9-12)23-3/h5-9H,10H2,1-4H3,(H,20,21). The van der Waals surface area contributed by atoms with Gasteiger partial charge in [-0.25, -0.2) is 0 Å². The first-order chi connectivity index (χ1) is 11.5. The summed E-state index contributed by atoms with van der Waals surface area (Å²) >= 11 is 6.12. The Morgan fingerprint density at radius 3 is 2.17 bits per heavy atom. The van der Waals surface area contributed by atoms with Crippen molar-refractivity contribution in [3.05, 3.63) is 52.0 Å². The fourth-order valence-corrected chi connectivity index (χ4v) is 2.64. The highest BCUT2D eigenvalue weighted by atomic mass is 35.5. The lowest BCUT2D eigenvalue weighted by molar-refractivity contribution is 0.0951. The molecular formula is C18H20ClNO4. The molecule has 0 saturated carbocycles. The number of carbonyl (C=O) groups is 1. The number of aryl methyl sites for hydroxylation is 1. The number of methoxy groups -OCH3 is 3. The maximum absolute atomic E-state index is 12.3. The van der Waals surface area contributed by atoms with Gasteiger partial charge in [-0.05, 0) is 42.3 Å². The Hall–Kier alpha value is -2.40. The predicted octanol–water partition coefficient (Wildman–Crippen LogP) is 3.60. The third-order valence-electron chi connectivity index (χ3n) is 3.55. The summed E-state index contributed by atoms with van der Waals surface area (Å²) in [5, 5.41) is 3.27. The van der Waals surface area contributed by atoms with Crippen LogP contribution in [0.15, 0.2) is 30.3 Å². The van der Waals surface area contributed by atoms with E-state index in [1.165, 1.54) is 0 Å². The van der Waals surface area contributed by atoms with Gasteiger partial charge in [0.05, 0.1) is 31.9 Å². The van der Waals surface area contributed by atoms with Gasteiger partial charge >= 0.3 is 0 Å². The van der Waals surface area contributed by atoms with Gasteiger partial charge in [0.2, 0.25) is 5.75 Å². The van der Waals surface area contributed by atoms with Crippen LogP contribution in [0.1, 0.15) is 21.5 Å². The first-order valence-electron chi connectivity index (χ1n) is 7.33. The van der Waals surface area contributed by atoms with Crippen molar-refractivity contribution in [2.45, 2.75) is 13.5 Å². The second kappa shape index (κ2) is 7.93. The molecule has 0 fully saturated rings. The normalized spacial score (nSPS) is 10.2. The fourth-order valence-electron chi connectivity index (χ4n) is 2.32. The van der Waals surface area contributed by atoms with Crippen LogP contribution in [-0.4, -0.2) is 27.2 Å². The van der Waals surface area contributed by atoms with Crippen LogP contribution in [0.4, 0.5) is 0 Å². The third-order valence-corrected chi connectivity index (χ3v) is 3.86. The minimum Gasteiger partial charge on any atom is -0.493 e. The van der Waals surface area contributed by atoms with Gasteiger partial charge < -0.3 is 19.5 Å². The van der Waals surface area contributed by atoms with E-state index in [2.05, 4.69) is 5.32 Å². The van der Waals surface area contributed by atoms with E-state index in [4.69, 9.17) is 25.8 Å². The second-order valence-corrected chi connectivity index (χ2v) is 5.61. The van der Waals surface area contributed by atoms with E-state index in [-0.39, 0.29) is 5.91 Å². The fraction of sp³-hybridized carbons (Fsp3) is 0.278. The summed E-state index contributed by atoms with van der Waals surface area (Å²) in [6, 6.07) is 8.90. The quantitative estimate of drug-likeness (QED) is 0.865. The number of nitrogens with one attached hydrogen (secondary N) is 1. The van der Waals surface area contributed by atoms with Crippen LogP contribution in [0.2, 0.25) is 5.02 Å². The molecule has 0 atom stereocenters. The van der Waals surface area contributed by atoms with Crippen molar-refractivity contribution in [3.63, 3.8) is 0 Å². The van der Waals surface area contributed by atoms with E-state index in [9.17, 15) is 4.79 Å². The molecule has 0 bridgehead atoms. The largest absolute Gasteiger partial charge is 0.493 e. The summed E-state index contributed by atoms with van der Waals surface area (Å²) in [6.45, 7) is 2.23. The summed E-state index contributed by atoms with van der Waals surface area (Å²) < 4.78 is 15.9. The lowest BCUT2D eigenvalue weighted by atomic mass is 10.1. The van der Waals surface area contributed by atoms with E-state index in [1.54, 1.807) is 45.6 Å². The molecule has 2 rings (SSSR count). The Labute approximate surface area is 146 Å². The summed E-state index contributed by atoms with van der Waals surface area (Å²) in [4.78, 5) is 12.3. The highest BCUT2D eigenvalue weighted by Crippen LogP contribution is 2.38. The molecule has 5 nitrogen and oxygen atoms in total. The summed E-state index contributed by atoms with van der Waals surface area (Å²) in [5.74, 6) is 1.34. The van der Waals surface area contributed by atoms with Gasteiger partial charge in [-0.3, -0.25) is 4.79 Å². The Bertz CT molecular complexity index is 721. The second-order valence-electron chi connectivity index (χ2n) is 5.20. The molecule has 0 aliphatic rings. The molecule has 24 heavy (non-hydrogen) atoms. The van der Waals surface area contributed by atoms with Crippen molar-refractivity contribution in [1.29, 1.82) is 0 Å². The molecule has 2 aromatic carbocycles. The molecule has 1 N–H and O–H groups in total. The van der Waals surface area contributed by atoms with Gasteiger partial charge in [-0.1, -0.05) is 17.7 Å². The van der Waals surface area contributed by atoms with E-state index < -0.39 is 0 Å². The number of benzene rings is 2. The predicted molar refractivity (Wildman–Crippen MR) is 93.5 cm³/mol. The van der Waals surface area contributed by atoms with E-state index >= 15 is 0 Å². The Balaban J connectivity index is 2.18. The van der Waals surface area contributed by atoms with E-state index in [0.29, 0.717) is 34.4 Å². The number of halogens is 1. The molecule has 0 aromatic heterocycles. The molecule has 128 valence electrons. The van der Waals surface area contributed by atoms with Gasteiger partial charge in [-0.2, -0.15) is 0 Å². The average molecular weight is 350 g/mol. The number of rotatable bonds is 6. The highest BCUT2D eigenvalue weighted by molar-refractivity contribution is 6.33. The molecule has 0 spiro atoms. The molecule has 2 aromatic rings. The summed E-state index contributed by atoms with van der Waals surface area (Å²) in [7, 11) is 4.64. The smallest absolute Gasteiger partial charge is 0.253 e. The van der Waals surface area contributed by atoms with E-state index in [0.717, 1.165) is 11.1 Å². The maximum atomic E-state index is 12.3. The molecule has 0 radical (unpaired) electrons. The SMILES string of the molecule is COc1cc(CNC(=O)c2ccc(C)cc2Cl)cc(OC)c1OC. The van der Waals surface area contributed by atoms with Crippen molar-refractivity contribution < 1.29 is 19.0 Å². The Morgan fingerprint density at radius 2 is 1.67 bits per heavy atom. The van der Waals surface area contributed by atoms with Crippen molar-refractivity contribution in [3.8, 4) is 17.2 Å². The van der Waals surface area contributed by atoms with Crippen LogP contribution in [0.5, 0.6) is 17.2 Å². The number of ether oxygens (including phenoxy) is 3. The topological polar surface area (TPSA) is 56.8 Å². The molecule has 0 saturated heterocycles. The molecule has 0 aliphatic heterocycles. The summed E-state index contributed by atoms with van der Waals surface area (Å²) in [5.41, 5.74) is 2.26. The molecular weight excluding hydrogens is 330 g/mol. The van der Waals surface area contributed by atoms with Crippen LogP contribution in [0.25, 0.3) is 0 Å². The molecule has 1 amide bonds. The zero-order valence-electron chi connectivity index (χ0n) is 14.1. The lowest BCUT2D eigenvalue weighted by Gasteiger charge is -2.14. The number of hydrogen-bond donors (Lipinski definition) is 1. The van der Waals surface area contributed by atoms with Crippen LogP contribution < -0.4 is 19.5 Å². The third kappa shape index (κ3) is 3.92. The van der Waals surface area contributed by atoms with Crippen molar-refractivity contribution in [2.75, 3.05) is 21.3 Å². The molecule has 0 unspecified atom stereocenters. The minimum atomic E-state index is -0.242. The minimum absolute atomic E-state index is 0.242. The Morgan fingerprint density at radius 1 is 1.04 bits per heavy atom. The lowest BCUT2D eigenvalue weighted by Crippen LogP contribution is -2.23. The molecule has 6 heteroatoms. The van der Waals surface area contributed by atoms with Gasteiger partial charge in [-0.15, -0.1) is 0 Å². The van der Waals surface area contributed by atoms with Crippen LogP contribution >= 0.6 is 11.6 Å². The van der Waals surface area contributed by atoms with Gasteiger partial charge in [0.1, 0.15) is 0 Å². The van der Waals surface area contributed by atoms with Gasteiger partial charge in [0, 0.05) is 6.54 Å². The van der Waals surface area contributed by atoms with Gasteiger partial charge in [0.25, 0.3) is 5.91 Å². The summed E-state index contributed by atoms with van der Waals surface area (Å²) in [6.07, 6.45) is 0. The molecule has 0 heterocycles. The maximum Gasteiger partial charge on any atom is 0.253 e.